The molecule has 0 bridgehead atoms. The van der Waals surface area contributed by atoms with Gasteiger partial charge < -0.3 is 10.4 Å². The van der Waals surface area contributed by atoms with E-state index in [1.54, 1.807) is 6.07 Å². The molecule has 2 aliphatic carbocycles. The average molecular weight is 231 g/mol. The van der Waals surface area contributed by atoms with Gasteiger partial charge in [0, 0.05) is 6.04 Å². The van der Waals surface area contributed by atoms with Gasteiger partial charge in [0.2, 0.25) is 0 Å². The number of fused-ring (bicyclic) bond motifs is 1. The van der Waals surface area contributed by atoms with Gasteiger partial charge in [-0.1, -0.05) is 6.07 Å². The highest BCUT2D eigenvalue weighted by molar-refractivity contribution is 5.88. The fraction of sp³-hybridized carbons (Fsp3) is 0.500. The molecule has 1 fully saturated rings. The summed E-state index contributed by atoms with van der Waals surface area (Å²) < 4.78 is 0. The van der Waals surface area contributed by atoms with Gasteiger partial charge in [0.15, 0.2) is 0 Å². The Kier molecular flexibility index (Phi) is 2.63. The van der Waals surface area contributed by atoms with E-state index in [2.05, 4.69) is 5.32 Å². The van der Waals surface area contributed by atoms with E-state index in [0.717, 1.165) is 25.4 Å². The minimum absolute atomic E-state index is 0.416. The summed E-state index contributed by atoms with van der Waals surface area (Å²) in [6.07, 6.45) is 4.76. The van der Waals surface area contributed by atoms with Crippen molar-refractivity contribution in [3.8, 4) is 0 Å². The molecule has 17 heavy (non-hydrogen) atoms. The predicted octanol–water partition coefficient (Wildman–Crippen LogP) is 1.85. The Labute approximate surface area is 101 Å². The maximum atomic E-state index is 10.9. The Morgan fingerprint density at radius 1 is 1.29 bits per heavy atom. The first-order valence-electron chi connectivity index (χ1n) is 6.31. The molecule has 1 saturated carbocycles. The number of benzene rings is 1. The maximum Gasteiger partial charge on any atom is 0.335 e. The van der Waals surface area contributed by atoms with Crippen molar-refractivity contribution >= 4 is 5.97 Å². The summed E-state index contributed by atoms with van der Waals surface area (Å²) in [6, 6.07) is 6.30. The molecule has 2 N–H and O–H groups in total. The molecule has 1 unspecified atom stereocenters. The van der Waals surface area contributed by atoms with Crippen molar-refractivity contribution in [3.63, 3.8) is 0 Å². The van der Waals surface area contributed by atoms with Crippen molar-refractivity contribution in [3.05, 3.63) is 34.9 Å². The van der Waals surface area contributed by atoms with E-state index >= 15 is 0 Å². The van der Waals surface area contributed by atoms with Crippen molar-refractivity contribution in [2.75, 3.05) is 6.54 Å². The Balaban J connectivity index is 1.67. The second kappa shape index (κ2) is 4.15. The number of aromatic carboxylic acids is 1. The molecule has 0 aromatic heterocycles. The maximum absolute atomic E-state index is 10.9. The standard InChI is InChI=1S/C14H17NO2/c16-14(17)11-2-1-10-5-9(6-12(10)7-11)8-15-13-3-4-13/h1-2,7,9,13,15H,3-6,8H2,(H,16,17). The van der Waals surface area contributed by atoms with E-state index in [-0.39, 0.29) is 0 Å². The monoisotopic (exact) mass is 231 g/mol. The fourth-order valence-electron chi connectivity index (χ4n) is 2.61. The summed E-state index contributed by atoms with van der Waals surface area (Å²) >= 11 is 0. The minimum atomic E-state index is -0.827. The van der Waals surface area contributed by atoms with Crippen molar-refractivity contribution in [2.45, 2.75) is 31.7 Å². The molecule has 0 saturated heterocycles. The quantitative estimate of drug-likeness (QED) is 0.831. The van der Waals surface area contributed by atoms with Gasteiger partial charge in [0.1, 0.15) is 0 Å². The first-order valence-corrected chi connectivity index (χ1v) is 6.31. The molecule has 90 valence electrons. The fourth-order valence-corrected chi connectivity index (χ4v) is 2.61. The summed E-state index contributed by atoms with van der Waals surface area (Å²) in [5, 5.41) is 12.5. The molecule has 0 aliphatic heterocycles. The van der Waals surface area contributed by atoms with E-state index in [1.165, 1.54) is 24.0 Å². The van der Waals surface area contributed by atoms with Crippen LogP contribution in [0.25, 0.3) is 0 Å². The third-order valence-electron chi connectivity index (χ3n) is 3.74. The molecular formula is C14H17NO2. The summed E-state index contributed by atoms with van der Waals surface area (Å²) in [5.74, 6) is -0.179. The van der Waals surface area contributed by atoms with Crippen molar-refractivity contribution < 1.29 is 9.90 Å². The second-order valence-electron chi connectivity index (χ2n) is 5.25. The largest absolute Gasteiger partial charge is 0.478 e. The van der Waals surface area contributed by atoms with E-state index < -0.39 is 5.97 Å². The smallest absolute Gasteiger partial charge is 0.335 e. The molecular weight excluding hydrogens is 214 g/mol. The molecule has 1 aromatic carbocycles. The molecule has 0 amide bonds. The lowest BCUT2D eigenvalue weighted by atomic mass is 10.1. The average Bonchev–Trinajstić information content (AvgIpc) is 3.04. The van der Waals surface area contributed by atoms with Crippen LogP contribution in [-0.4, -0.2) is 23.7 Å². The molecule has 1 aromatic rings. The van der Waals surface area contributed by atoms with Crippen LogP contribution in [0.3, 0.4) is 0 Å². The summed E-state index contributed by atoms with van der Waals surface area (Å²) in [6.45, 7) is 1.07. The van der Waals surface area contributed by atoms with Gasteiger partial charge in [-0.25, -0.2) is 4.79 Å². The van der Waals surface area contributed by atoms with Crippen LogP contribution in [-0.2, 0) is 12.8 Å². The Bertz CT molecular complexity index is 452. The Morgan fingerprint density at radius 2 is 2.06 bits per heavy atom. The highest BCUT2D eigenvalue weighted by Crippen LogP contribution is 2.28. The molecule has 3 nitrogen and oxygen atoms in total. The van der Waals surface area contributed by atoms with Crippen LogP contribution >= 0.6 is 0 Å². The highest BCUT2D eigenvalue weighted by atomic mass is 16.4. The number of hydrogen-bond acceptors (Lipinski definition) is 2. The normalized spacial score (nSPS) is 22.5. The predicted molar refractivity (Wildman–Crippen MR) is 65.3 cm³/mol. The van der Waals surface area contributed by atoms with Crippen LogP contribution in [0.1, 0.15) is 34.3 Å². The third-order valence-corrected chi connectivity index (χ3v) is 3.74. The van der Waals surface area contributed by atoms with Gasteiger partial charge in [-0.3, -0.25) is 0 Å². The van der Waals surface area contributed by atoms with E-state index in [9.17, 15) is 4.79 Å². The lowest BCUT2D eigenvalue weighted by Crippen LogP contribution is -2.24. The van der Waals surface area contributed by atoms with Crippen molar-refractivity contribution in [1.29, 1.82) is 0 Å². The van der Waals surface area contributed by atoms with Crippen LogP contribution in [0.5, 0.6) is 0 Å². The Hall–Kier alpha value is -1.35. The Morgan fingerprint density at radius 3 is 2.76 bits per heavy atom. The van der Waals surface area contributed by atoms with Gasteiger partial charge in [-0.2, -0.15) is 0 Å². The molecule has 3 rings (SSSR count). The van der Waals surface area contributed by atoms with Gasteiger partial charge in [-0.15, -0.1) is 0 Å². The number of nitrogens with one attached hydrogen (secondary N) is 1. The van der Waals surface area contributed by atoms with Gasteiger partial charge in [-0.05, 0) is 61.4 Å². The van der Waals surface area contributed by atoms with Crippen LogP contribution in [0.15, 0.2) is 18.2 Å². The van der Waals surface area contributed by atoms with E-state index in [1.807, 2.05) is 12.1 Å². The molecule has 2 aliphatic rings. The zero-order chi connectivity index (χ0) is 11.8. The number of carboxylic acid groups (broad SMARTS) is 1. The topological polar surface area (TPSA) is 49.3 Å². The van der Waals surface area contributed by atoms with Gasteiger partial charge >= 0.3 is 5.97 Å². The van der Waals surface area contributed by atoms with Gasteiger partial charge in [0.05, 0.1) is 5.56 Å². The highest BCUT2D eigenvalue weighted by Gasteiger charge is 2.26. The molecule has 0 spiro atoms. The summed E-state index contributed by atoms with van der Waals surface area (Å²) in [5.41, 5.74) is 2.98. The summed E-state index contributed by atoms with van der Waals surface area (Å²) in [7, 11) is 0. The molecule has 0 heterocycles. The van der Waals surface area contributed by atoms with E-state index in [4.69, 9.17) is 5.11 Å². The summed E-state index contributed by atoms with van der Waals surface area (Å²) in [4.78, 5) is 10.9. The number of hydrogen-bond donors (Lipinski definition) is 2. The van der Waals surface area contributed by atoms with Gasteiger partial charge in [0.25, 0.3) is 0 Å². The first kappa shape index (κ1) is 10.8. The molecule has 0 radical (unpaired) electrons. The first-order chi connectivity index (χ1) is 8.22. The zero-order valence-electron chi connectivity index (χ0n) is 9.78. The molecule has 3 heteroatoms. The lowest BCUT2D eigenvalue weighted by molar-refractivity contribution is 0.0697. The zero-order valence-corrected chi connectivity index (χ0v) is 9.78. The van der Waals surface area contributed by atoms with Crippen molar-refractivity contribution in [2.24, 2.45) is 5.92 Å². The van der Waals surface area contributed by atoms with Crippen molar-refractivity contribution in [1.82, 2.24) is 5.32 Å². The van der Waals surface area contributed by atoms with Crippen LogP contribution in [0.4, 0.5) is 0 Å². The number of carbonyl (C=O) groups is 1. The SMILES string of the molecule is O=C(O)c1ccc2c(c1)CC(CNC1CC1)C2. The molecule has 1 atom stereocenters. The second-order valence-corrected chi connectivity index (χ2v) is 5.25. The van der Waals surface area contributed by atoms with Crippen LogP contribution in [0, 0.1) is 5.92 Å². The lowest BCUT2D eigenvalue weighted by Gasteiger charge is -2.09. The number of carboxylic acids is 1. The minimum Gasteiger partial charge on any atom is -0.478 e. The third kappa shape index (κ3) is 2.34. The number of rotatable bonds is 4. The van der Waals surface area contributed by atoms with Crippen LogP contribution in [0.2, 0.25) is 0 Å². The van der Waals surface area contributed by atoms with Crippen LogP contribution < -0.4 is 5.32 Å². The van der Waals surface area contributed by atoms with E-state index in [0.29, 0.717) is 11.5 Å².